The molecule has 0 saturated carbocycles. The average Bonchev–Trinajstić information content (AvgIpc) is 2.62. The number of benzene rings is 1. The highest BCUT2D eigenvalue weighted by atomic mass is 19.1. The molecule has 0 aliphatic heterocycles. The lowest BCUT2D eigenvalue weighted by molar-refractivity contribution is 0.618. The summed E-state index contributed by atoms with van der Waals surface area (Å²) in [6, 6.07) is 5.26. The van der Waals surface area contributed by atoms with Gasteiger partial charge in [0.2, 0.25) is 0 Å². The molecule has 1 aliphatic carbocycles. The molecule has 0 heterocycles. The minimum atomic E-state index is -0.129. The van der Waals surface area contributed by atoms with Crippen LogP contribution in [0.1, 0.15) is 17.5 Å². The third-order valence-corrected chi connectivity index (χ3v) is 2.30. The van der Waals surface area contributed by atoms with Crippen molar-refractivity contribution in [2.75, 3.05) is 0 Å². The van der Waals surface area contributed by atoms with Gasteiger partial charge in [0.05, 0.1) is 0 Å². The summed E-state index contributed by atoms with van der Waals surface area (Å²) in [6.07, 6.45) is 7.18. The summed E-state index contributed by atoms with van der Waals surface area (Å²) < 4.78 is 13.0. The van der Waals surface area contributed by atoms with Crippen LogP contribution in [0.2, 0.25) is 0 Å². The fraction of sp³-hybridized carbons (Fsp3) is 0.167. The van der Waals surface area contributed by atoms with Crippen molar-refractivity contribution in [1.29, 1.82) is 0 Å². The van der Waals surface area contributed by atoms with Crippen LogP contribution in [-0.4, -0.2) is 0 Å². The van der Waals surface area contributed by atoms with E-state index in [0.29, 0.717) is 5.56 Å². The number of aryl methyl sites for hydroxylation is 1. The van der Waals surface area contributed by atoms with Gasteiger partial charge in [-0.1, -0.05) is 24.3 Å². The van der Waals surface area contributed by atoms with E-state index in [1.807, 2.05) is 18.2 Å². The first kappa shape index (κ1) is 8.24. The van der Waals surface area contributed by atoms with Crippen molar-refractivity contribution >= 4 is 5.57 Å². The number of halogens is 1. The molecule has 0 unspecified atom stereocenters. The van der Waals surface area contributed by atoms with E-state index >= 15 is 0 Å². The molecule has 1 aromatic rings. The number of allylic oxidation sites excluding steroid dienone is 4. The Hall–Kier alpha value is -1.37. The molecule has 0 atom stereocenters. The smallest absolute Gasteiger partial charge is 0.126 e. The Morgan fingerprint density at radius 2 is 2.15 bits per heavy atom. The normalized spacial score (nSPS) is 14.8. The van der Waals surface area contributed by atoms with E-state index in [-0.39, 0.29) is 5.82 Å². The molecule has 2 rings (SSSR count). The lowest BCUT2D eigenvalue weighted by atomic mass is 10.0. The van der Waals surface area contributed by atoms with Crippen molar-refractivity contribution < 1.29 is 4.39 Å². The van der Waals surface area contributed by atoms with Crippen molar-refractivity contribution in [3.63, 3.8) is 0 Å². The van der Waals surface area contributed by atoms with Gasteiger partial charge in [-0.3, -0.25) is 0 Å². The molecule has 0 saturated heterocycles. The van der Waals surface area contributed by atoms with Crippen molar-refractivity contribution in [3.05, 3.63) is 53.4 Å². The fourth-order valence-corrected chi connectivity index (χ4v) is 1.51. The van der Waals surface area contributed by atoms with Crippen LogP contribution < -0.4 is 0 Å². The summed E-state index contributed by atoms with van der Waals surface area (Å²) in [5, 5.41) is 0. The predicted molar refractivity (Wildman–Crippen MR) is 52.9 cm³/mol. The van der Waals surface area contributed by atoms with E-state index in [9.17, 15) is 4.39 Å². The summed E-state index contributed by atoms with van der Waals surface area (Å²) in [5.41, 5.74) is 3.11. The molecule has 0 radical (unpaired) electrons. The molecule has 1 heteroatoms. The van der Waals surface area contributed by atoms with Crippen LogP contribution in [-0.2, 0) is 0 Å². The SMILES string of the molecule is Cc1cc(C2=CC=CC2)ccc1F. The van der Waals surface area contributed by atoms with Crippen LogP contribution >= 0.6 is 0 Å². The van der Waals surface area contributed by atoms with Crippen LogP contribution in [0.5, 0.6) is 0 Å². The third-order valence-electron chi connectivity index (χ3n) is 2.30. The van der Waals surface area contributed by atoms with Crippen molar-refractivity contribution in [1.82, 2.24) is 0 Å². The Balaban J connectivity index is 2.37. The van der Waals surface area contributed by atoms with E-state index in [4.69, 9.17) is 0 Å². The second kappa shape index (κ2) is 3.17. The Labute approximate surface area is 77.4 Å². The first-order valence-electron chi connectivity index (χ1n) is 4.39. The van der Waals surface area contributed by atoms with E-state index in [1.54, 1.807) is 6.92 Å². The van der Waals surface area contributed by atoms with E-state index in [0.717, 1.165) is 12.0 Å². The molecule has 0 N–H and O–H groups in total. The van der Waals surface area contributed by atoms with Crippen molar-refractivity contribution in [2.45, 2.75) is 13.3 Å². The van der Waals surface area contributed by atoms with Crippen LogP contribution in [0.15, 0.2) is 36.4 Å². The number of hydrogen-bond donors (Lipinski definition) is 0. The average molecular weight is 174 g/mol. The van der Waals surface area contributed by atoms with E-state index in [2.05, 4.69) is 12.2 Å². The summed E-state index contributed by atoms with van der Waals surface area (Å²) >= 11 is 0. The number of hydrogen-bond acceptors (Lipinski definition) is 0. The zero-order chi connectivity index (χ0) is 9.26. The maximum absolute atomic E-state index is 13.0. The van der Waals surface area contributed by atoms with Gasteiger partial charge in [-0.25, -0.2) is 4.39 Å². The van der Waals surface area contributed by atoms with Gasteiger partial charge in [0.25, 0.3) is 0 Å². The maximum atomic E-state index is 13.0. The molecule has 0 bridgehead atoms. The van der Waals surface area contributed by atoms with Gasteiger partial charge < -0.3 is 0 Å². The van der Waals surface area contributed by atoms with Gasteiger partial charge in [0.1, 0.15) is 5.82 Å². The first-order valence-corrected chi connectivity index (χ1v) is 4.39. The van der Waals surface area contributed by atoms with Crippen molar-refractivity contribution in [2.24, 2.45) is 0 Å². The first-order chi connectivity index (χ1) is 6.27. The van der Waals surface area contributed by atoms with Crippen LogP contribution in [0.25, 0.3) is 5.57 Å². The van der Waals surface area contributed by atoms with E-state index < -0.39 is 0 Å². The molecule has 1 aliphatic rings. The topological polar surface area (TPSA) is 0 Å². The zero-order valence-corrected chi connectivity index (χ0v) is 7.55. The Morgan fingerprint density at radius 1 is 1.31 bits per heavy atom. The predicted octanol–water partition coefficient (Wildman–Crippen LogP) is 3.48. The highest BCUT2D eigenvalue weighted by molar-refractivity contribution is 5.71. The molecular formula is C12H11F. The van der Waals surface area contributed by atoms with E-state index in [1.165, 1.54) is 11.6 Å². The molecule has 0 nitrogen and oxygen atoms in total. The van der Waals surface area contributed by atoms with Crippen LogP contribution in [0.4, 0.5) is 4.39 Å². The van der Waals surface area contributed by atoms with Gasteiger partial charge in [0, 0.05) is 0 Å². The fourth-order valence-electron chi connectivity index (χ4n) is 1.51. The molecule has 1 aromatic carbocycles. The van der Waals surface area contributed by atoms with Gasteiger partial charge >= 0.3 is 0 Å². The molecule has 0 amide bonds. The molecule has 66 valence electrons. The molecule has 0 fully saturated rings. The standard InChI is InChI=1S/C12H11F/c1-9-8-11(6-7-12(9)13)10-4-2-3-5-10/h2-4,6-8H,5H2,1H3. The molecule has 0 aromatic heterocycles. The van der Waals surface area contributed by atoms with Gasteiger partial charge in [-0.2, -0.15) is 0 Å². The molecular weight excluding hydrogens is 163 g/mol. The largest absolute Gasteiger partial charge is 0.207 e. The van der Waals surface area contributed by atoms with Crippen LogP contribution in [0.3, 0.4) is 0 Å². The van der Waals surface area contributed by atoms with Crippen LogP contribution in [0, 0.1) is 12.7 Å². The Morgan fingerprint density at radius 3 is 2.77 bits per heavy atom. The summed E-state index contributed by atoms with van der Waals surface area (Å²) in [5.74, 6) is -0.129. The molecule has 0 spiro atoms. The highest BCUT2D eigenvalue weighted by Crippen LogP contribution is 2.24. The van der Waals surface area contributed by atoms with Gasteiger partial charge in [-0.05, 0) is 42.2 Å². The zero-order valence-electron chi connectivity index (χ0n) is 7.55. The summed E-state index contributed by atoms with van der Waals surface area (Å²) in [4.78, 5) is 0. The summed E-state index contributed by atoms with van der Waals surface area (Å²) in [7, 11) is 0. The quantitative estimate of drug-likeness (QED) is 0.611. The monoisotopic (exact) mass is 174 g/mol. The second-order valence-electron chi connectivity index (χ2n) is 3.29. The minimum Gasteiger partial charge on any atom is -0.207 e. The highest BCUT2D eigenvalue weighted by Gasteiger charge is 2.04. The third kappa shape index (κ3) is 1.55. The van der Waals surface area contributed by atoms with Gasteiger partial charge in [-0.15, -0.1) is 0 Å². The lowest BCUT2D eigenvalue weighted by Gasteiger charge is -2.03. The van der Waals surface area contributed by atoms with Gasteiger partial charge in [0.15, 0.2) is 0 Å². The molecule has 13 heavy (non-hydrogen) atoms. The minimum absolute atomic E-state index is 0.129. The Bertz CT molecular complexity index is 386. The number of rotatable bonds is 1. The second-order valence-corrected chi connectivity index (χ2v) is 3.29. The summed E-state index contributed by atoms with van der Waals surface area (Å²) in [6.45, 7) is 1.79. The maximum Gasteiger partial charge on any atom is 0.126 e. The van der Waals surface area contributed by atoms with Crippen molar-refractivity contribution in [3.8, 4) is 0 Å². The Kier molecular flexibility index (Phi) is 2.01. The lowest BCUT2D eigenvalue weighted by Crippen LogP contribution is -1.86.